The first-order valence-corrected chi connectivity index (χ1v) is 12.1. The third kappa shape index (κ3) is 18.8. The van der Waals surface area contributed by atoms with Crippen LogP contribution in [0, 0.1) is 0 Å². The van der Waals surface area contributed by atoms with Crippen molar-refractivity contribution in [1.29, 1.82) is 0 Å². The molecule has 32 heavy (non-hydrogen) atoms. The first-order valence-electron chi connectivity index (χ1n) is 12.1. The van der Waals surface area contributed by atoms with Crippen LogP contribution < -0.4 is 10.6 Å². The van der Waals surface area contributed by atoms with Gasteiger partial charge >= 0.3 is 12.2 Å². The number of carbonyl (C=O) groups is 3. The Morgan fingerprint density at radius 1 is 0.688 bits per heavy atom. The van der Waals surface area contributed by atoms with Gasteiger partial charge in [0.1, 0.15) is 11.2 Å². The van der Waals surface area contributed by atoms with E-state index in [0.29, 0.717) is 45.4 Å². The highest BCUT2D eigenvalue weighted by molar-refractivity contribution is 5.76. The number of carbonyl (C=O) groups excluding carboxylic acids is 3. The summed E-state index contributed by atoms with van der Waals surface area (Å²) >= 11 is 0. The lowest BCUT2D eigenvalue weighted by atomic mass is 10.1. The van der Waals surface area contributed by atoms with Crippen LogP contribution in [0.25, 0.3) is 0 Å². The second-order valence-electron chi connectivity index (χ2n) is 10.1. The molecule has 0 radical (unpaired) electrons. The van der Waals surface area contributed by atoms with Gasteiger partial charge < -0.3 is 25.0 Å². The van der Waals surface area contributed by atoms with E-state index < -0.39 is 23.4 Å². The summed E-state index contributed by atoms with van der Waals surface area (Å²) in [5.41, 5.74) is -1.07. The summed E-state index contributed by atoms with van der Waals surface area (Å²) in [6, 6.07) is 0. The molecule has 8 nitrogen and oxygen atoms in total. The van der Waals surface area contributed by atoms with Crippen molar-refractivity contribution in [3.8, 4) is 0 Å². The lowest BCUT2D eigenvalue weighted by Crippen LogP contribution is -2.38. The van der Waals surface area contributed by atoms with E-state index in [1.165, 1.54) is 12.8 Å². The molecule has 0 saturated heterocycles. The second-order valence-corrected chi connectivity index (χ2v) is 10.1. The van der Waals surface area contributed by atoms with Gasteiger partial charge in [0.2, 0.25) is 5.91 Å². The van der Waals surface area contributed by atoms with Crippen molar-refractivity contribution >= 4 is 18.1 Å². The van der Waals surface area contributed by atoms with Crippen LogP contribution in [-0.2, 0) is 14.3 Å². The Kier molecular flexibility index (Phi) is 14.8. The SMILES string of the molecule is CCCCCCCC(=O)N(CCCNC(=O)OC(C)(C)C)CCCNC(=O)OC(C)(C)C. The molecule has 0 aromatic heterocycles. The number of hydrogen-bond acceptors (Lipinski definition) is 5. The highest BCUT2D eigenvalue weighted by Crippen LogP contribution is 2.09. The van der Waals surface area contributed by atoms with Crippen LogP contribution >= 0.6 is 0 Å². The Bertz CT molecular complexity index is 517. The molecular formula is C24H47N3O5. The summed E-state index contributed by atoms with van der Waals surface area (Å²) in [5.74, 6) is 0.121. The van der Waals surface area contributed by atoms with Crippen molar-refractivity contribution in [2.45, 2.75) is 111 Å². The number of rotatable bonds is 14. The molecule has 0 bridgehead atoms. The first kappa shape index (κ1) is 30.0. The monoisotopic (exact) mass is 457 g/mol. The van der Waals surface area contributed by atoms with Crippen molar-refractivity contribution in [2.24, 2.45) is 0 Å². The van der Waals surface area contributed by atoms with Gasteiger partial charge in [-0.25, -0.2) is 9.59 Å². The van der Waals surface area contributed by atoms with Crippen molar-refractivity contribution in [3.05, 3.63) is 0 Å². The third-order valence-corrected chi connectivity index (χ3v) is 4.39. The van der Waals surface area contributed by atoms with Crippen molar-refractivity contribution in [2.75, 3.05) is 26.2 Å². The van der Waals surface area contributed by atoms with E-state index in [1.807, 2.05) is 46.4 Å². The zero-order valence-corrected chi connectivity index (χ0v) is 21.5. The maximum absolute atomic E-state index is 12.7. The fraction of sp³-hybridized carbons (Fsp3) is 0.875. The average Bonchev–Trinajstić information content (AvgIpc) is 2.63. The zero-order valence-electron chi connectivity index (χ0n) is 21.5. The Hall–Kier alpha value is -1.99. The van der Waals surface area contributed by atoms with Crippen LogP contribution in [0.5, 0.6) is 0 Å². The molecule has 0 fully saturated rings. The maximum atomic E-state index is 12.7. The van der Waals surface area contributed by atoms with Gasteiger partial charge in [-0.3, -0.25) is 4.79 Å². The molecule has 2 N–H and O–H groups in total. The largest absolute Gasteiger partial charge is 0.444 e. The minimum atomic E-state index is -0.537. The van der Waals surface area contributed by atoms with Crippen molar-refractivity contribution in [3.63, 3.8) is 0 Å². The van der Waals surface area contributed by atoms with E-state index >= 15 is 0 Å². The van der Waals surface area contributed by atoms with Crippen LogP contribution in [0.3, 0.4) is 0 Å². The number of unbranched alkanes of at least 4 members (excludes halogenated alkanes) is 4. The number of amides is 3. The summed E-state index contributed by atoms with van der Waals surface area (Å²) in [4.78, 5) is 38.1. The van der Waals surface area contributed by atoms with E-state index in [9.17, 15) is 14.4 Å². The number of hydrogen-bond donors (Lipinski definition) is 2. The third-order valence-electron chi connectivity index (χ3n) is 4.39. The van der Waals surface area contributed by atoms with Crippen molar-refractivity contribution < 1.29 is 23.9 Å². The van der Waals surface area contributed by atoms with Crippen LogP contribution in [0.4, 0.5) is 9.59 Å². The Morgan fingerprint density at radius 3 is 1.53 bits per heavy atom. The Morgan fingerprint density at radius 2 is 1.12 bits per heavy atom. The van der Waals surface area contributed by atoms with Gasteiger partial charge in [-0.2, -0.15) is 0 Å². The smallest absolute Gasteiger partial charge is 0.407 e. The lowest BCUT2D eigenvalue weighted by molar-refractivity contribution is -0.131. The Labute approximate surface area is 195 Å². The van der Waals surface area contributed by atoms with Crippen LogP contribution in [-0.4, -0.2) is 60.4 Å². The number of ether oxygens (including phenoxy) is 2. The van der Waals surface area contributed by atoms with E-state index in [4.69, 9.17) is 9.47 Å². The summed E-state index contributed by atoms with van der Waals surface area (Å²) in [7, 11) is 0. The molecule has 0 spiro atoms. The molecule has 0 aromatic carbocycles. The molecule has 0 aliphatic rings. The molecule has 0 aliphatic heterocycles. The second kappa shape index (κ2) is 15.8. The summed E-state index contributed by atoms with van der Waals surface area (Å²) in [6.45, 7) is 15.1. The molecule has 0 atom stereocenters. The molecule has 0 heterocycles. The Balaban J connectivity index is 4.45. The lowest BCUT2D eigenvalue weighted by Gasteiger charge is -2.24. The summed E-state index contributed by atoms with van der Waals surface area (Å²) < 4.78 is 10.5. The van der Waals surface area contributed by atoms with Gasteiger partial charge in [-0.05, 0) is 60.8 Å². The zero-order chi connectivity index (χ0) is 24.6. The van der Waals surface area contributed by atoms with E-state index in [2.05, 4.69) is 17.6 Å². The fourth-order valence-electron chi connectivity index (χ4n) is 2.95. The summed E-state index contributed by atoms with van der Waals surface area (Å²) in [5, 5.41) is 5.46. The molecule has 8 heteroatoms. The highest BCUT2D eigenvalue weighted by atomic mass is 16.6. The number of nitrogens with one attached hydrogen (secondary N) is 2. The molecule has 0 rings (SSSR count). The minimum Gasteiger partial charge on any atom is -0.444 e. The van der Waals surface area contributed by atoms with Crippen LogP contribution in [0.1, 0.15) is 99.8 Å². The number of nitrogens with zero attached hydrogens (tertiary/aromatic N) is 1. The molecule has 3 amide bonds. The average molecular weight is 458 g/mol. The molecule has 0 saturated carbocycles. The van der Waals surface area contributed by atoms with Gasteiger partial charge in [0.05, 0.1) is 0 Å². The minimum absolute atomic E-state index is 0.121. The molecule has 0 aromatic rings. The normalized spacial score (nSPS) is 11.6. The number of alkyl carbamates (subject to hydrolysis) is 2. The quantitative estimate of drug-likeness (QED) is 0.358. The fourth-order valence-corrected chi connectivity index (χ4v) is 2.95. The van der Waals surface area contributed by atoms with Gasteiger partial charge in [0, 0.05) is 32.6 Å². The molecule has 0 aliphatic carbocycles. The summed E-state index contributed by atoms with van der Waals surface area (Å²) in [6.07, 6.45) is 6.39. The van der Waals surface area contributed by atoms with Crippen molar-refractivity contribution in [1.82, 2.24) is 15.5 Å². The van der Waals surface area contributed by atoms with E-state index in [0.717, 1.165) is 19.3 Å². The predicted molar refractivity (Wildman–Crippen MR) is 128 cm³/mol. The molecular weight excluding hydrogens is 410 g/mol. The standard InChI is InChI=1S/C24H47N3O5/c1-8-9-10-11-12-15-20(28)27(18-13-16-25-21(29)31-23(2,3)4)19-14-17-26-22(30)32-24(5,6)7/h8-19H2,1-7H3,(H,25,29)(H,26,30). The molecule has 188 valence electrons. The van der Waals surface area contributed by atoms with Gasteiger partial charge in [0.25, 0.3) is 0 Å². The first-order chi connectivity index (χ1) is 14.8. The van der Waals surface area contributed by atoms with Crippen LogP contribution in [0.2, 0.25) is 0 Å². The topological polar surface area (TPSA) is 97.0 Å². The molecule has 0 unspecified atom stereocenters. The van der Waals surface area contributed by atoms with Gasteiger partial charge in [-0.15, -0.1) is 0 Å². The van der Waals surface area contributed by atoms with E-state index in [-0.39, 0.29) is 5.91 Å². The van der Waals surface area contributed by atoms with Gasteiger partial charge in [-0.1, -0.05) is 32.6 Å². The maximum Gasteiger partial charge on any atom is 0.407 e. The highest BCUT2D eigenvalue weighted by Gasteiger charge is 2.18. The predicted octanol–water partition coefficient (Wildman–Crippen LogP) is 5.01. The van der Waals surface area contributed by atoms with E-state index in [1.54, 1.807) is 0 Å². The van der Waals surface area contributed by atoms with Gasteiger partial charge in [0.15, 0.2) is 0 Å². The van der Waals surface area contributed by atoms with Crippen LogP contribution in [0.15, 0.2) is 0 Å².